The summed E-state index contributed by atoms with van der Waals surface area (Å²) in [5.74, 6) is -0.262. The molecule has 22 heavy (non-hydrogen) atoms. The van der Waals surface area contributed by atoms with Gasteiger partial charge in [-0.1, -0.05) is 18.2 Å². The zero-order valence-corrected chi connectivity index (χ0v) is 12.1. The minimum absolute atomic E-state index is 0.0289. The number of rotatable bonds is 2. The van der Waals surface area contributed by atoms with E-state index in [2.05, 4.69) is 0 Å². The Morgan fingerprint density at radius 3 is 2.27 bits per heavy atom. The number of hydrogen-bond donors (Lipinski definition) is 4. The molecule has 6 heteroatoms. The molecule has 3 aromatic rings. The molecule has 0 bridgehead atoms. The smallest absolute Gasteiger partial charge is 0.231 e. The molecular weight excluding hydrogens is 300 g/mol. The Hall–Kier alpha value is -2.86. The van der Waals surface area contributed by atoms with Crippen molar-refractivity contribution in [2.24, 2.45) is 0 Å². The normalized spacial score (nSPS) is 10.5. The van der Waals surface area contributed by atoms with E-state index in [1.807, 2.05) is 6.07 Å². The van der Waals surface area contributed by atoms with Crippen molar-refractivity contribution < 1.29 is 14.9 Å². The van der Waals surface area contributed by atoms with E-state index in [-0.39, 0.29) is 23.3 Å². The van der Waals surface area contributed by atoms with Crippen LogP contribution >= 0.6 is 11.3 Å². The first kappa shape index (κ1) is 14.1. The third-order valence-electron chi connectivity index (χ3n) is 3.10. The van der Waals surface area contributed by atoms with Crippen molar-refractivity contribution in [3.05, 3.63) is 59.0 Å². The lowest BCUT2D eigenvalue weighted by Gasteiger charge is -2.06. The van der Waals surface area contributed by atoms with Crippen molar-refractivity contribution in [3.8, 4) is 11.5 Å². The standard InChI is InChI=1S/C16H12N2O3S/c17-15(9-4-2-1-3-5-9)21-16(18)13-8-10-11(19)6-7-12(20)14(10)22-13/h1-8,17-20H. The largest absolute Gasteiger partial charge is 0.507 e. The molecule has 0 fully saturated rings. The maximum Gasteiger partial charge on any atom is 0.231 e. The third kappa shape index (κ3) is 2.51. The lowest BCUT2D eigenvalue weighted by atomic mass is 10.2. The van der Waals surface area contributed by atoms with E-state index in [0.717, 1.165) is 11.3 Å². The summed E-state index contributed by atoms with van der Waals surface area (Å²) >= 11 is 1.13. The highest BCUT2D eigenvalue weighted by atomic mass is 32.1. The van der Waals surface area contributed by atoms with Crippen LogP contribution in [0.15, 0.2) is 48.5 Å². The second kappa shape index (κ2) is 5.50. The van der Waals surface area contributed by atoms with E-state index in [0.29, 0.717) is 20.5 Å². The Morgan fingerprint density at radius 1 is 0.909 bits per heavy atom. The molecule has 3 rings (SSSR count). The van der Waals surface area contributed by atoms with Gasteiger partial charge in [0.1, 0.15) is 11.5 Å². The molecule has 0 atom stereocenters. The summed E-state index contributed by atoms with van der Waals surface area (Å²) in [4.78, 5) is 0.424. The van der Waals surface area contributed by atoms with Crippen molar-refractivity contribution in [2.45, 2.75) is 0 Å². The van der Waals surface area contributed by atoms with Gasteiger partial charge in [-0.3, -0.25) is 10.8 Å². The fraction of sp³-hybridized carbons (Fsp3) is 0. The summed E-state index contributed by atoms with van der Waals surface area (Å²) < 4.78 is 5.73. The lowest BCUT2D eigenvalue weighted by molar-refractivity contribution is 0.470. The molecule has 0 aliphatic heterocycles. The highest BCUT2D eigenvalue weighted by Crippen LogP contribution is 2.38. The van der Waals surface area contributed by atoms with Crippen LogP contribution in [-0.2, 0) is 4.74 Å². The van der Waals surface area contributed by atoms with E-state index in [9.17, 15) is 10.2 Å². The van der Waals surface area contributed by atoms with Gasteiger partial charge in [0.2, 0.25) is 11.8 Å². The Balaban J connectivity index is 1.88. The van der Waals surface area contributed by atoms with Gasteiger partial charge in [0.25, 0.3) is 0 Å². The second-order valence-electron chi connectivity index (χ2n) is 4.58. The van der Waals surface area contributed by atoms with Crippen LogP contribution in [0.2, 0.25) is 0 Å². The molecule has 0 aliphatic carbocycles. The molecule has 1 heterocycles. The van der Waals surface area contributed by atoms with Gasteiger partial charge in [0.05, 0.1) is 9.58 Å². The van der Waals surface area contributed by atoms with Crippen molar-refractivity contribution >= 4 is 33.2 Å². The van der Waals surface area contributed by atoms with Gasteiger partial charge in [-0.25, -0.2) is 0 Å². The number of hydrogen-bond acceptors (Lipinski definition) is 6. The molecule has 0 amide bonds. The number of benzene rings is 2. The molecule has 0 spiro atoms. The van der Waals surface area contributed by atoms with E-state index in [1.165, 1.54) is 12.1 Å². The first-order chi connectivity index (χ1) is 10.6. The van der Waals surface area contributed by atoms with Crippen LogP contribution in [-0.4, -0.2) is 22.0 Å². The van der Waals surface area contributed by atoms with Crippen molar-refractivity contribution in [1.82, 2.24) is 0 Å². The van der Waals surface area contributed by atoms with Gasteiger partial charge in [-0.05, 0) is 30.3 Å². The number of thiophene rings is 1. The molecular formula is C16H12N2O3S. The molecule has 2 aromatic carbocycles. The average Bonchev–Trinajstić information content (AvgIpc) is 2.98. The minimum Gasteiger partial charge on any atom is -0.507 e. The first-order valence-corrected chi connectivity index (χ1v) is 7.23. The van der Waals surface area contributed by atoms with Crippen LogP contribution in [0.5, 0.6) is 11.5 Å². The molecule has 110 valence electrons. The molecule has 0 saturated carbocycles. The van der Waals surface area contributed by atoms with Gasteiger partial charge in [0.15, 0.2) is 0 Å². The number of phenols is 2. The highest BCUT2D eigenvalue weighted by molar-refractivity contribution is 7.21. The molecule has 0 radical (unpaired) electrons. The van der Waals surface area contributed by atoms with Crippen LogP contribution in [0.4, 0.5) is 0 Å². The average molecular weight is 312 g/mol. The molecule has 0 unspecified atom stereocenters. The second-order valence-corrected chi connectivity index (χ2v) is 5.64. The number of fused-ring (bicyclic) bond motifs is 1. The van der Waals surface area contributed by atoms with Crippen molar-refractivity contribution in [1.29, 1.82) is 10.8 Å². The zero-order valence-electron chi connectivity index (χ0n) is 11.3. The van der Waals surface area contributed by atoms with Crippen LogP contribution in [0.1, 0.15) is 10.4 Å². The van der Waals surface area contributed by atoms with Crippen LogP contribution in [0, 0.1) is 10.8 Å². The fourth-order valence-electron chi connectivity index (χ4n) is 2.01. The molecule has 0 aliphatic rings. The minimum atomic E-state index is -0.200. The SMILES string of the molecule is N=C(OC(=N)c1cc2c(O)ccc(O)c2s1)c1ccccc1. The first-order valence-electron chi connectivity index (χ1n) is 6.41. The van der Waals surface area contributed by atoms with Gasteiger partial charge in [-0.15, -0.1) is 11.3 Å². The van der Waals surface area contributed by atoms with E-state index in [4.69, 9.17) is 15.6 Å². The topological polar surface area (TPSA) is 97.4 Å². The number of phenolic OH excluding ortho intramolecular Hbond substituents is 2. The number of ether oxygens (including phenoxy) is 1. The third-order valence-corrected chi connectivity index (χ3v) is 4.26. The Bertz CT molecular complexity index is 833. The van der Waals surface area contributed by atoms with Crippen molar-refractivity contribution in [2.75, 3.05) is 0 Å². The number of aromatic hydroxyl groups is 2. The maximum atomic E-state index is 9.80. The molecule has 0 saturated heterocycles. The quantitative estimate of drug-likeness (QED) is 0.330. The van der Waals surface area contributed by atoms with Crippen molar-refractivity contribution in [3.63, 3.8) is 0 Å². The van der Waals surface area contributed by atoms with Gasteiger partial charge >= 0.3 is 0 Å². The Labute approximate surface area is 130 Å². The lowest BCUT2D eigenvalue weighted by Crippen LogP contribution is -2.11. The fourth-order valence-corrected chi connectivity index (χ4v) is 2.98. The van der Waals surface area contributed by atoms with E-state index < -0.39 is 0 Å². The van der Waals surface area contributed by atoms with Gasteiger partial charge in [-0.2, -0.15) is 0 Å². The van der Waals surface area contributed by atoms with E-state index in [1.54, 1.807) is 30.3 Å². The summed E-state index contributed by atoms with van der Waals surface area (Å²) in [6, 6.07) is 13.2. The zero-order chi connectivity index (χ0) is 15.7. The van der Waals surface area contributed by atoms with E-state index >= 15 is 0 Å². The Morgan fingerprint density at radius 2 is 1.59 bits per heavy atom. The predicted molar refractivity (Wildman–Crippen MR) is 86.3 cm³/mol. The summed E-state index contributed by atoms with van der Waals surface area (Å²) in [5.41, 5.74) is 0.569. The molecule has 1 aromatic heterocycles. The Kier molecular flexibility index (Phi) is 3.52. The predicted octanol–water partition coefficient (Wildman–Crippen LogP) is 3.68. The highest BCUT2D eigenvalue weighted by Gasteiger charge is 2.15. The van der Waals surface area contributed by atoms with Gasteiger partial charge in [0, 0.05) is 10.9 Å². The summed E-state index contributed by atoms with van der Waals surface area (Å²) in [6.45, 7) is 0. The van der Waals surface area contributed by atoms with Crippen LogP contribution in [0.3, 0.4) is 0 Å². The monoisotopic (exact) mass is 312 g/mol. The van der Waals surface area contributed by atoms with Crippen LogP contribution in [0.25, 0.3) is 10.1 Å². The molecule has 5 nitrogen and oxygen atoms in total. The summed E-state index contributed by atoms with van der Waals surface area (Å²) in [7, 11) is 0. The summed E-state index contributed by atoms with van der Waals surface area (Å²) in [6.07, 6.45) is 0. The van der Waals surface area contributed by atoms with Gasteiger partial charge < -0.3 is 14.9 Å². The summed E-state index contributed by atoms with van der Waals surface area (Å²) in [5, 5.41) is 35.9. The number of nitrogens with one attached hydrogen (secondary N) is 2. The maximum absolute atomic E-state index is 9.80. The van der Waals surface area contributed by atoms with Crippen LogP contribution < -0.4 is 0 Å². The molecule has 4 N–H and O–H groups in total.